The molecule has 0 atom stereocenters. The van der Waals surface area contributed by atoms with Gasteiger partial charge in [0.05, 0.1) is 11.3 Å². The Kier molecular flexibility index (Phi) is 8.20. The van der Waals surface area contributed by atoms with Crippen LogP contribution in [0.2, 0.25) is 0 Å². The van der Waals surface area contributed by atoms with Crippen LogP contribution < -0.4 is 10.9 Å². The zero-order chi connectivity index (χ0) is 24.7. The summed E-state index contributed by atoms with van der Waals surface area (Å²) < 4.78 is 23.8. The highest BCUT2D eigenvalue weighted by atomic mass is 32.2. The highest BCUT2D eigenvalue weighted by Gasteiger charge is 2.17. The van der Waals surface area contributed by atoms with E-state index in [9.17, 15) is 13.2 Å². The number of primary sulfonamides is 1. The van der Waals surface area contributed by atoms with Crippen molar-refractivity contribution in [2.24, 2.45) is 10.9 Å². The van der Waals surface area contributed by atoms with Crippen LogP contribution in [0.4, 0.5) is 0 Å². The molecule has 3 aromatic rings. The Morgan fingerprint density at radius 2 is 1.68 bits per heavy atom. The van der Waals surface area contributed by atoms with E-state index in [0.29, 0.717) is 29.8 Å². The van der Waals surface area contributed by atoms with Crippen molar-refractivity contribution in [2.45, 2.75) is 37.6 Å². The van der Waals surface area contributed by atoms with Crippen LogP contribution in [-0.2, 0) is 27.8 Å². The van der Waals surface area contributed by atoms with Gasteiger partial charge in [-0.25, -0.2) is 13.6 Å². The maximum absolute atomic E-state index is 13.1. The number of benzene rings is 3. The zero-order valence-corrected chi connectivity index (χ0v) is 20.0. The summed E-state index contributed by atoms with van der Waals surface area (Å²) in [5, 5.41) is 13.0. The number of carbonyl (C=O) groups is 1. The molecule has 178 valence electrons. The van der Waals surface area contributed by atoms with Gasteiger partial charge < -0.3 is 10.6 Å². The van der Waals surface area contributed by atoms with E-state index in [0.717, 1.165) is 24.0 Å². The summed E-state index contributed by atoms with van der Waals surface area (Å²) in [7, 11) is -3.85. The molecule has 0 bridgehead atoms. The van der Waals surface area contributed by atoms with Crippen molar-refractivity contribution in [1.29, 1.82) is 5.41 Å². The molecule has 1 amide bonds. The lowest BCUT2D eigenvalue weighted by atomic mass is 10.0. The molecule has 0 saturated heterocycles. The Morgan fingerprint density at radius 3 is 2.32 bits per heavy atom. The van der Waals surface area contributed by atoms with Gasteiger partial charge in [-0.3, -0.25) is 10.2 Å². The minimum absolute atomic E-state index is 0.000589. The zero-order valence-electron chi connectivity index (χ0n) is 19.2. The van der Waals surface area contributed by atoms with E-state index in [4.69, 9.17) is 16.3 Å². The van der Waals surface area contributed by atoms with Gasteiger partial charge in [0.25, 0.3) is 0 Å². The molecule has 0 unspecified atom stereocenters. The summed E-state index contributed by atoms with van der Waals surface area (Å²) in [5.41, 5.74) is 9.24. The second kappa shape index (κ2) is 11.1. The third kappa shape index (κ3) is 6.52. The average molecular weight is 479 g/mol. The van der Waals surface area contributed by atoms with E-state index in [2.05, 4.69) is 6.92 Å². The van der Waals surface area contributed by atoms with Crippen LogP contribution in [0.5, 0.6) is 0 Å². The monoisotopic (exact) mass is 478 g/mol. The van der Waals surface area contributed by atoms with Gasteiger partial charge in [-0.2, -0.15) is 0 Å². The maximum Gasteiger partial charge on any atom is 0.238 e. The molecule has 0 aromatic heterocycles. The number of unbranched alkanes of at least 4 members (excludes halogenated alkanes) is 1. The van der Waals surface area contributed by atoms with Crippen molar-refractivity contribution in [2.75, 3.05) is 6.54 Å². The summed E-state index contributed by atoms with van der Waals surface area (Å²) >= 11 is 0. The summed E-state index contributed by atoms with van der Waals surface area (Å²) in [6, 6.07) is 21.2. The smallest absolute Gasteiger partial charge is 0.238 e. The van der Waals surface area contributed by atoms with E-state index >= 15 is 0 Å². The molecule has 34 heavy (non-hydrogen) atoms. The SMILES string of the molecule is CCCCN(Cc1cccc(C(=N)N)c1)C(=O)Cc1ccc(-c2ccccc2S(N)(=O)=O)cc1. The summed E-state index contributed by atoms with van der Waals surface area (Å²) in [5.74, 6) is -0.00301. The number of rotatable bonds is 10. The normalized spacial score (nSPS) is 11.2. The third-order valence-corrected chi connectivity index (χ3v) is 6.53. The van der Waals surface area contributed by atoms with Crippen molar-refractivity contribution in [1.82, 2.24) is 4.90 Å². The molecule has 0 aliphatic heterocycles. The Morgan fingerprint density at radius 1 is 0.971 bits per heavy atom. The number of nitrogens with two attached hydrogens (primary N) is 2. The molecular formula is C26H30N4O3S. The predicted octanol–water partition coefficient (Wildman–Crippen LogP) is 3.66. The van der Waals surface area contributed by atoms with Gasteiger partial charge in [0, 0.05) is 24.2 Å². The second-order valence-corrected chi connectivity index (χ2v) is 9.73. The average Bonchev–Trinajstić information content (AvgIpc) is 2.82. The van der Waals surface area contributed by atoms with Crippen molar-refractivity contribution >= 4 is 21.8 Å². The van der Waals surface area contributed by atoms with Crippen molar-refractivity contribution in [3.05, 3.63) is 89.5 Å². The van der Waals surface area contributed by atoms with Crippen LogP contribution in [0.25, 0.3) is 11.1 Å². The van der Waals surface area contributed by atoms with Gasteiger partial charge in [-0.15, -0.1) is 0 Å². The van der Waals surface area contributed by atoms with Crippen LogP contribution in [-0.4, -0.2) is 31.6 Å². The van der Waals surface area contributed by atoms with Gasteiger partial charge in [-0.05, 0) is 35.2 Å². The molecule has 0 aliphatic carbocycles. The summed E-state index contributed by atoms with van der Waals surface area (Å²) in [4.78, 5) is 15.0. The molecule has 0 saturated carbocycles. The van der Waals surface area contributed by atoms with Gasteiger partial charge >= 0.3 is 0 Å². The van der Waals surface area contributed by atoms with Crippen molar-refractivity contribution in [3.63, 3.8) is 0 Å². The van der Waals surface area contributed by atoms with E-state index in [-0.39, 0.29) is 23.1 Å². The summed E-state index contributed by atoms with van der Waals surface area (Å²) in [6.45, 7) is 3.16. The molecule has 0 radical (unpaired) electrons. The third-order valence-electron chi connectivity index (χ3n) is 5.56. The van der Waals surface area contributed by atoms with Crippen LogP contribution in [0, 0.1) is 5.41 Å². The van der Waals surface area contributed by atoms with E-state index in [1.54, 1.807) is 36.4 Å². The lowest BCUT2D eigenvalue weighted by molar-refractivity contribution is -0.131. The molecule has 0 aliphatic rings. The fourth-order valence-corrected chi connectivity index (χ4v) is 4.50. The second-order valence-electron chi connectivity index (χ2n) is 8.20. The molecule has 3 rings (SSSR count). The molecule has 3 aromatic carbocycles. The standard InChI is InChI=1S/C26H30N4O3S/c1-2-3-15-30(18-20-7-6-8-22(16-20)26(27)28)25(31)17-19-11-13-21(14-12-19)23-9-4-5-10-24(23)34(29,32)33/h4-14,16H,2-3,15,17-18H2,1H3,(H3,27,28)(H2,29,32,33). The number of nitrogens with zero attached hydrogens (tertiary/aromatic N) is 1. The first kappa shape index (κ1) is 25.1. The van der Waals surface area contributed by atoms with Gasteiger partial charge in [0.2, 0.25) is 15.9 Å². The highest BCUT2D eigenvalue weighted by molar-refractivity contribution is 7.89. The maximum atomic E-state index is 13.1. The number of hydrogen-bond acceptors (Lipinski definition) is 4. The number of nitrogens with one attached hydrogen (secondary N) is 1. The van der Waals surface area contributed by atoms with Crippen molar-refractivity contribution < 1.29 is 13.2 Å². The number of amides is 1. The molecule has 0 heterocycles. The van der Waals surface area contributed by atoms with Gasteiger partial charge in [0.1, 0.15) is 5.84 Å². The summed E-state index contributed by atoms with van der Waals surface area (Å²) in [6.07, 6.45) is 2.09. The number of amidine groups is 1. The Labute approximate surface area is 201 Å². The lowest BCUT2D eigenvalue weighted by Gasteiger charge is -2.23. The molecule has 5 N–H and O–H groups in total. The first-order valence-corrected chi connectivity index (χ1v) is 12.7. The van der Waals surface area contributed by atoms with Crippen LogP contribution >= 0.6 is 0 Å². The topological polar surface area (TPSA) is 130 Å². The molecule has 8 heteroatoms. The predicted molar refractivity (Wildman–Crippen MR) is 135 cm³/mol. The quantitative estimate of drug-likeness (QED) is 0.303. The Hall–Kier alpha value is -3.49. The fraction of sp³-hybridized carbons (Fsp3) is 0.231. The Bertz CT molecular complexity index is 1270. The number of hydrogen-bond donors (Lipinski definition) is 3. The minimum atomic E-state index is -3.85. The van der Waals surface area contributed by atoms with E-state index in [1.165, 1.54) is 6.07 Å². The fourth-order valence-electron chi connectivity index (χ4n) is 3.74. The lowest BCUT2D eigenvalue weighted by Crippen LogP contribution is -2.32. The number of carbonyl (C=O) groups excluding carboxylic acids is 1. The van der Waals surface area contributed by atoms with Gasteiger partial charge in [0.15, 0.2) is 0 Å². The first-order chi connectivity index (χ1) is 16.2. The first-order valence-electron chi connectivity index (χ1n) is 11.1. The molecule has 7 nitrogen and oxygen atoms in total. The van der Waals surface area contributed by atoms with Crippen LogP contribution in [0.1, 0.15) is 36.5 Å². The number of nitrogen functional groups attached to an aromatic ring is 1. The highest BCUT2D eigenvalue weighted by Crippen LogP contribution is 2.27. The Balaban J connectivity index is 1.77. The molecule has 0 fully saturated rings. The van der Waals surface area contributed by atoms with Gasteiger partial charge in [-0.1, -0.05) is 74.0 Å². The molecule has 0 spiro atoms. The van der Waals surface area contributed by atoms with Crippen LogP contribution in [0.3, 0.4) is 0 Å². The van der Waals surface area contributed by atoms with E-state index in [1.807, 2.05) is 35.2 Å². The van der Waals surface area contributed by atoms with Crippen molar-refractivity contribution in [3.8, 4) is 11.1 Å². The van der Waals surface area contributed by atoms with Crippen LogP contribution in [0.15, 0.2) is 77.7 Å². The minimum Gasteiger partial charge on any atom is -0.384 e. The number of sulfonamides is 1. The largest absolute Gasteiger partial charge is 0.384 e. The molecular weight excluding hydrogens is 448 g/mol. The van der Waals surface area contributed by atoms with E-state index < -0.39 is 10.0 Å².